The minimum Gasteiger partial charge on any atom is -0.316 e. The average Bonchev–Trinajstić information content (AvgIpc) is 2.40. The van der Waals surface area contributed by atoms with Crippen molar-refractivity contribution in [2.45, 2.75) is 70.6 Å². The highest BCUT2D eigenvalue weighted by Crippen LogP contribution is 2.64. The van der Waals surface area contributed by atoms with Gasteiger partial charge in [0.05, 0.1) is 0 Å². The highest BCUT2D eigenvalue weighted by Gasteiger charge is 2.57. The molecular formula is C20H31N. The van der Waals surface area contributed by atoms with Crippen molar-refractivity contribution in [3.8, 4) is 0 Å². The molecule has 1 nitrogen and oxygen atoms in total. The fraction of sp³-hybridized carbons (Fsp3) is 0.700. The van der Waals surface area contributed by atoms with Crippen LogP contribution in [0.25, 0.3) is 0 Å². The van der Waals surface area contributed by atoms with Crippen LogP contribution in [-0.4, -0.2) is 13.1 Å². The Kier molecular flexibility index (Phi) is 4.14. The minimum atomic E-state index is 0.422. The zero-order valence-electron chi connectivity index (χ0n) is 14.0. The molecule has 1 N–H and O–H groups in total. The first-order valence-corrected chi connectivity index (χ1v) is 8.90. The molecule has 0 bridgehead atoms. The lowest BCUT2D eigenvalue weighted by atomic mass is 9.43. The molecule has 0 atom stereocenters. The lowest BCUT2D eigenvalue weighted by Gasteiger charge is -2.62. The van der Waals surface area contributed by atoms with Crippen molar-refractivity contribution in [1.82, 2.24) is 5.32 Å². The van der Waals surface area contributed by atoms with Gasteiger partial charge in [-0.2, -0.15) is 0 Å². The van der Waals surface area contributed by atoms with Gasteiger partial charge in [-0.25, -0.2) is 0 Å². The molecule has 116 valence electrons. The fourth-order valence-electron chi connectivity index (χ4n) is 4.57. The Hall–Kier alpha value is -0.820. The highest BCUT2D eigenvalue weighted by atomic mass is 14.9. The lowest BCUT2D eigenvalue weighted by Crippen LogP contribution is -2.57. The third-order valence-electron chi connectivity index (χ3n) is 5.92. The molecule has 1 aromatic rings. The molecule has 0 amide bonds. The Bertz CT molecular complexity index is 459. The molecule has 1 spiro atoms. The third-order valence-corrected chi connectivity index (χ3v) is 5.92. The molecule has 3 rings (SSSR count). The summed E-state index contributed by atoms with van der Waals surface area (Å²) in [6, 6.07) is 9.53. The molecule has 2 aliphatic carbocycles. The Morgan fingerprint density at radius 2 is 1.76 bits per heavy atom. The molecule has 2 saturated carbocycles. The van der Waals surface area contributed by atoms with E-state index in [-0.39, 0.29) is 0 Å². The van der Waals surface area contributed by atoms with Crippen LogP contribution in [0.3, 0.4) is 0 Å². The largest absolute Gasteiger partial charge is 0.316 e. The summed E-state index contributed by atoms with van der Waals surface area (Å²) in [6.45, 7) is 9.13. The Morgan fingerprint density at radius 3 is 2.24 bits per heavy atom. The van der Waals surface area contributed by atoms with Crippen LogP contribution < -0.4 is 5.32 Å². The molecule has 21 heavy (non-hydrogen) atoms. The van der Waals surface area contributed by atoms with Crippen LogP contribution in [0.5, 0.6) is 0 Å². The van der Waals surface area contributed by atoms with Gasteiger partial charge in [-0.3, -0.25) is 0 Å². The van der Waals surface area contributed by atoms with Gasteiger partial charge in [0.2, 0.25) is 0 Å². The van der Waals surface area contributed by atoms with Crippen LogP contribution in [0.4, 0.5) is 0 Å². The Morgan fingerprint density at radius 1 is 1.10 bits per heavy atom. The van der Waals surface area contributed by atoms with Crippen LogP contribution in [0.1, 0.15) is 76.3 Å². The summed E-state index contributed by atoms with van der Waals surface area (Å²) >= 11 is 0. The Labute approximate surface area is 130 Å². The maximum atomic E-state index is 3.70. The molecule has 2 fully saturated rings. The van der Waals surface area contributed by atoms with Crippen molar-refractivity contribution in [2.75, 3.05) is 13.1 Å². The van der Waals surface area contributed by atoms with E-state index in [1.807, 2.05) is 0 Å². The van der Waals surface area contributed by atoms with Gasteiger partial charge >= 0.3 is 0 Å². The number of hydrogen-bond acceptors (Lipinski definition) is 1. The van der Waals surface area contributed by atoms with E-state index in [9.17, 15) is 0 Å². The van der Waals surface area contributed by atoms with Crippen LogP contribution in [0, 0.1) is 5.41 Å². The van der Waals surface area contributed by atoms with Crippen molar-refractivity contribution in [3.63, 3.8) is 0 Å². The van der Waals surface area contributed by atoms with Gasteiger partial charge < -0.3 is 5.32 Å². The summed E-state index contributed by atoms with van der Waals surface area (Å²) in [4.78, 5) is 0. The molecule has 0 unspecified atom stereocenters. The van der Waals surface area contributed by atoms with Gasteiger partial charge in [0.15, 0.2) is 0 Å². The molecule has 2 aliphatic rings. The molecule has 1 heteroatoms. The average molecular weight is 285 g/mol. The predicted octanol–water partition coefficient (Wildman–Crippen LogP) is 5.01. The van der Waals surface area contributed by atoms with Gasteiger partial charge in [-0.1, -0.05) is 51.5 Å². The van der Waals surface area contributed by atoms with E-state index in [2.05, 4.69) is 50.4 Å². The standard InChI is InChI=1S/C20H31N/c1-4-12-21-15-20(13-19(14-20)10-5-11-19)18-8-6-17(7-9-18)16(2)3/h6-9,16,21H,4-5,10-15H2,1-3H3. The third kappa shape index (κ3) is 2.77. The molecular weight excluding hydrogens is 254 g/mol. The molecule has 0 aliphatic heterocycles. The molecule has 0 saturated heterocycles. The van der Waals surface area contributed by atoms with E-state index in [0.717, 1.165) is 12.0 Å². The normalized spacial score (nSPS) is 22.1. The van der Waals surface area contributed by atoms with E-state index in [4.69, 9.17) is 0 Å². The van der Waals surface area contributed by atoms with E-state index in [0.29, 0.717) is 11.3 Å². The van der Waals surface area contributed by atoms with Crippen molar-refractivity contribution >= 4 is 0 Å². The van der Waals surface area contributed by atoms with Crippen molar-refractivity contribution in [3.05, 3.63) is 35.4 Å². The second kappa shape index (κ2) is 5.76. The van der Waals surface area contributed by atoms with Crippen molar-refractivity contribution < 1.29 is 0 Å². The van der Waals surface area contributed by atoms with Crippen LogP contribution >= 0.6 is 0 Å². The number of hydrogen-bond donors (Lipinski definition) is 1. The monoisotopic (exact) mass is 285 g/mol. The van der Waals surface area contributed by atoms with Crippen molar-refractivity contribution in [2.24, 2.45) is 5.41 Å². The summed E-state index contributed by atoms with van der Waals surface area (Å²) in [6.07, 6.45) is 8.48. The van der Waals surface area contributed by atoms with E-state index in [1.165, 1.54) is 50.6 Å². The maximum Gasteiger partial charge on any atom is 0.00883 e. The van der Waals surface area contributed by atoms with Gasteiger partial charge in [0.25, 0.3) is 0 Å². The van der Waals surface area contributed by atoms with Gasteiger partial charge in [-0.05, 0) is 61.1 Å². The van der Waals surface area contributed by atoms with Crippen LogP contribution in [0.15, 0.2) is 24.3 Å². The van der Waals surface area contributed by atoms with Gasteiger partial charge in [-0.15, -0.1) is 0 Å². The first kappa shape index (κ1) is 15.1. The van der Waals surface area contributed by atoms with Gasteiger partial charge in [0, 0.05) is 12.0 Å². The topological polar surface area (TPSA) is 12.0 Å². The fourth-order valence-corrected chi connectivity index (χ4v) is 4.57. The van der Waals surface area contributed by atoms with E-state index < -0.39 is 0 Å². The second-order valence-electron chi connectivity index (χ2n) is 7.94. The molecule has 1 aromatic carbocycles. The number of rotatable bonds is 6. The quantitative estimate of drug-likeness (QED) is 0.724. The summed E-state index contributed by atoms with van der Waals surface area (Å²) in [5.74, 6) is 0.632. The summed E-state index contributed by atoms with van der Waals surface area (Å²) in [5.41, 5.74) is 4.19. The Balaban J connectivity index is 1.75. The number of nitrogens with one attached hydrogen (secondary N) is 1. The summed E-state index contributed by atoms with van der Waals surface area (Å²) < 4.78 is 0. The maximum absolute atomic E-state index is 3.70. The zero-order chi connectivity index (χ0) is 14.9. The predicted molar refractivity (Wildman–Crippen MR) is 90.9 cm³/mol. The van der Waals surface area contributed by atoms with Gasteiger partial charge in [0.1, 0.15) is 0 Å². The van der Waals surface area contributed by atoms with E-state index in [1.54, 1.807) is 5.56 Å². The van der Waals surface area contributed by atoms with Crippen LogP contribution in [-0.2, 0) is 5.41 Å². The summed E-state index contributed by atoms with van der Waals surface area (Å²) in [7, 11) is 0. The zero-order valence-corrected chi connectivity index (χ0v) is 14.0. The minimum absolute atomic E-state index is 0.422. The second-order valence-corrected chi connectivity index (χ2v) is 7.94. The molecule has 0 radical (unpaired) electrons. The molecule has 0 heterocycles. The summed E-state index contributed by atoms with van der Waals surface area (Å²) in [5, 5.41) is 3.70. The highest BCUT2D eigenvalue weighted by molar-refractivity contribution is 5.35. The molecule has 0 aromatic heterocycles. The van der Waals surface area contributed by atoms with Crippen LogP contribution in [0.2, 0.25) is 0 Å². The van der Waals surface area contributed by atoms with E-state index >= 15 is 0 Å². The smallest absolute Gasteiger partial charge is 0.00883 e. The first-order chi connectivity index (χ1) is 10.1. The lowest BCUT2D eigenvalue weighted by molar-refractivity contribution is -0.0482. The number of benzene rings is 1. The van der Waals surface area contributed by atoms with Crippen molar-refractivity contribution in [1.29, 1.82) is 0 Å². The first-order valence-electron chi connectivity index (χ1n) is 8.90. The SMILES string of the molecule is CCCNCC1(c2ccc(C(C)C)cc2)CC2(CCC2)C1.